The minimum Gasteiger partial charge on any atom is -0.329 e. The van der Waals surface area contributed by atoms with Crippen LogP contribution in [0.15, 0.2) is 23.1 Å². The van der Waals surface area contributed by atoms with Crippen LogP contribution in [0.3, 0.4) is 0 Å². The Balaban J connectivity index is 3.17. The lowest BCUT2D eigenvalue weighted by molar-refractivity contribution is 0.394. The predicted molar refractivity (Wildman–Crippen MR) is 64.6 cm³/mol. The van der Waals surface area contributed by atoms with E-state index in [9.17, 15) is 12.8 Å². The van der Waals surface area contributed by atoms with Crippen LogP contribution in [0.2, 0.25) is 0 Å². The molecule has 1 aromatic carbocycles. The number of nitrogens with two attached hydrogens (primary N) is 1. The van der Waals surface area contributed by atoms with E-state index < -0.39 is 15.8 Å². The topological polar surface area (TPSA) is 63.4 Å². The Morgan fingerprint density at radius 2 is 2.06 bits per heavy atom. The summed E-state index contributed by atoms with van der Waals surface area (Å²) < 4.78 is 38.6. The third-order valence-electron chi connectivity index (χ3n) is 2.77. The van der Waals surface area contributed by atoms with Crippen LogP contribution < -0.4 is 5.73 Å². The summed E-state index contributed by atoms with van der Waals surface area (Å²) in [4.78, 5) is 0.0826. The second-order valence-electron chi connectivity index (χ2n) is 4.02. The zero-order chi connectivity index (χ0) is 13.2. The summed E-state index contributed by atoms with van der Waals surface area (Å²) in [6.45, 7) is 3.48. The molecule has 0 amide bonds. The molecule has 6 heteroatoms. The Bertz CT molecular complexity index is 502. The number of nitrogens with zero attached hydrogens (tertiary/aromatic N) is 1. The third kappa shape index (κ3) is 2.83. The molecular weight excluding hydrogens is 243 g/mol. The van der Waals surface area contributed by atoms with Crippen LogP contribution >= 0.6 is 0 Å². The summed E-state index contributed by atoms with van der Waals surface area (Å²) in [5.41, 5.74) is 5.74. The van der Waals surface area contributed by atoms with Crippen molar-refractivity contribution in [2.75, 3.05) is 13.6 Å². The first kappa shape index (κ1) is 14.1. The van der Waals surface area contributed by atoms with Crippen LogP contribution in [0, 0.1) is 12.7 Å². The van der Waals surface area contributed by atoms with Crippen LogP contribution in [0.25, 0.3) is 0 Å². The summed E-state index contributed by atoms with van der Waals surface area (Å²) in [7, 11) is -2.14. The quantitative estimate of drug-likeness (QED) is 0.881. The van der Waals surface area contributed by atoms with Crippen molar-refractivity contribution in [1.29, 1.82) is 0 Å². The van der Waals surface area contributed by atoms with Gasteiger partial charge in [0.15, 0.2) is 0 Å². The lowest BCUT2D eigenvalue weighted by Gasteiger charge is -2.23. The first-order valence-corrected chi connectivity index (χ1v) is 6.69. The van der Waals surface area contributed by atoms with Crippen LogP contribution in [0.4, 0.5) is 4.39 Å². The van der Waals surface area contributed by atoms with E-state index >= 15 is 0 Å². The van der Waals surface area contributed by atoms with Gasteiger partial charge in [-0.2, -0.15) is 4.31 Å². The fraction of sp³-hybridized carbons (Fsp3) is 0.455. The monoisotopic (exact) mass is 260 g/mol. The number of aryl methyl sites for hydroxylation is 1. The molecule has 0 spiro atoms. The van der Waals surface area contributed by atoms with Gasteiger partial charge in [0.1, 0.15) is 5.82 Å². The highest BCUT2D eigenvalue weighted by molar-refractivity contribution is 7.89. The molecule has 0 saturated heterocycles. The van der Waals surface area contributed by atoms with Crippen molar-refractivity contribution in [3.8, 4) is 0 Å². The molecule has 0 aromatic heterocycles. The van der Waals surface area contributed by atoms with Crippen LogP contribution in [-0.4, -0.2) is 32.4 Å². The van der Waals surface area contributed by atoms with E-state index in [1.165, 1.54) is 30.4 Å². The molecule has 0 bridgehead atoms. The van der Waals surface area contributed by atoms with Crippen LogP contribution in [0.5, 0.6) is 0 Å². The Hall–Kier alpha value is -0.980. The minimum atomic E-state index is -3.60. The second-order valence-corrected chi connectivity index (χ2v) is 6.01. The maximum Gasteiger partial charge on any atom is 0.243 e. The lowest BCUT2D eigenvalue weighted by Crippen LogP contribution is -2.39. The van der Waals surface area contributed by atoms with Gasteiger partial charge in [-0.3, -0.25) is 0 Å². The molecule has 0 radical (unpaired) electrons. The number of hydrogen-bond donors (Lipinski definition) is 1. The van der Waals surface area contributed by atoms with Gasteiger partial charge in [-0.15, -0.1) is 0 Å². The average molecular weight is 260 g/mol. The van der Waals surface area contributed by atoms with E-state index in [4.69, 9.17) is 5.73 Å². The van der Waals surface area contributed by atoms with E-state index in [1.54, 1.807) is 6.92 Å². The molecule has 1 atom stereocenters. The summed E-state index contributed by atoms with van der Waals surface area (Å²) >= 11 is 0. The smallest absolute Gasteiger partial charge is 0.243 e. The SMILES string of the molecule is Cc1cc(S(=O)(=O)N(C)C(C)CN)ccc1F. The normalized spacial score (nSPS) is 14.0. The Morgan fingerprint density at radius 3 is 2.53 bits per heavy atom. The fourth-order valence-corrected chi connectivity index (χ4v) is 2.79. The van der Waals surface area contributed by atoms with Crippen molar-refractivity contribution < 1.29 is 12.8 Å². The van der Waals surface area contributed by atoms with Crippen molar-refractivity contribution in [2.45, 2.75) is 24.8 Å². The highest BCUT2D eigenvalue weighted by Crippen LogP contribution is 2.19. The van der Waals surface area contributed by atoms with E-state index in [2.05, 4.69) is 0 Å². The minimum absolute atomic E-state index is 0.0826. The number of likely N-dealkylation sites (N-methyl/N-ethyl adjacent to an activating group) is 1. The number of benzene rings is 1. The van der Waals surface area contributed by atoms with Crippen LogP contribution in [-0.2, 0) is 10.0 Å². The highest BCUT2D eigenvalue weighted by Gasteiger charge is 2.24. The number of hydrogen-bond acceptors (Lipinski definition) is 3. The largest absolute Gasteiger partial charge is 0.329 e. The predicted octanol–water partition coefficient (Wildman–Crippen LogP) is 1.10. The van der Waals surface area contributed by atoms with Gasteiger partial charge < -0.3 is 5.73 Å². The molecule has 0 aliphatic carbocycles. The van der Waals surface area contributed by atoms with E-state index in [1.807, 2.05) is 0 Å². The molecular formula is C11H17FN2O2S. The van der Waals surface area contributed by atoms with Crippen molar-refractivity contribution in [1.82, 2.24) is 4.31 Å². The van der Waals surface area contributed by atoms with Crippen LogP contribution in [0.1, 0.15) is 12.5 Å². The molecule has 0 heterocycles. The summed E-state index contributed by atoms with van der Waals surface area (Å²) in [6, 6.07) is 3.44. The number of sulfonamides is 1. The number of rotatable bonds is 4. The van der Waals surface area contributed by atoms with Gasteiger partial charge >= 0.3 is 0 Å². The fourth-order valence-electron chi connectivity index (χ4n) is 1.33. The van der Waals surface area contributed by atoms with Gasteiger partial charge in [-0.25, -0.2) is 12.8 Å². The number of halogens is 1. The Kier molecular flexibility index (Phi) is 4.24. The standard InChI is InChI=1S/C11H17FN2O2S/c1-8-6-10(4-5-11(8)12)17(15,16)14(3)9(2)7-13/h4-6,9H,7,13H2,1-3H3. The maximum atomic E-state index is 13.1. The average Bonchev–Trinajstić information content (AvgIpc) is 2.30. The molecule has 1 unspecified atom stereocenters. The van der Waals surface area contributed by atoms with Gasteiger partial charge in [-0.05, 0) is 37.6 Å². The van der Waals surface area contributed by atoms with Gasteiger partial charge in [0, 0.05) is 19.6 Å². The van der Waals surface area contributed by atoms with Gasteiger partial charge in [0.05, 0.1) is 4.90 Å². The molecule has 4 nitrogen and oxygen atoms in total. The molecule has 0 aliphatic heterocycles. The lowest BCUT2D eigenvalue weighted by atomic mass is 10.2. The first-order chi connectivity index (χ1) is 7.80. The Labute approximate surface area is 101 Å². The van der Waals surface area contributed by atoms with E-state index in [0.717, 1.165) is 6.07 Å². The molecule has 1 rings (SSSR count). The van der Waals surface area contributed by atoms with Gasteiger partial charge in [0.2, 0.25) is 10.0 Å². The molecule has 96 valence electrons. The molecule has 2 N–H and O–H groups in total. The summed E-state index contributed by atoms with van der Waals surface area (Å²) in [5, 5.41) is 0. The van der Waals surface area contributed by atoms with E-state index in [0.29, 0.717) is 5.56 Å². The van der Waals surface area contributed by atoms with Crippen molar-refractivity contribution >= 4 is 10.0 Å². The molecule has 0 fully saturated rings. The third-order valence-corrected chi connectivity index (χ3v) is 4.74. The Morgan fingerprint density at radius 1 is 1.47 bits per heavy atom. The molecule has 0 aliphatic rings. The van der Waals surface area contributed by atoms with Gasteiger partial charge in [0.25, 0.3) is 0 Å². The zero-order valence-electron chi connectivity index (χ0n) is 10.1. The van der Waals surface area contributed by atoms with Crippen molar-refractivity contribution in [2.24, 2.45) is 5.73 Å². The summed E-state index contributed by atoms with van der Waals surface area (Å²) in [5.74, 6) is -0.418. The van der Waals surface area contributed by atoms with Crippen molar-refractivity contribution in [3.63, 3.8) is 0 Å². The molecule has 1 aromatic rings. The highest BCUT2D eigenvalue weighted by atomic mass is 32.2. The van der Waals surface area contributed by atoms with E-state index in [-0.39, 0.29) is 17.5 Å². The summed E-state index contributed by atoms with van der Waals surface area (Å²) in [6.07, 6.45) is 0. The zero-order valence-corrected chi connectivity index (χ0v) is 11.0. The first-order valence-electron chi connectivity index (χ1n) is 5.25. The van der Waals surface area contributed by atoms with Gasteiger partial charge in [-0.1, -0.05) is 0 Å². The molecule has 17 heavy (non-hydrogen) atoms. The second kappa shape index (κ2) is 5.12. The molecule has 0 saturated carbocycles. The van der Waals surface area contributed by atoms with Crippen molar-refractivity contribution in [3.05, 3.63) is 29.6 Å². The maximum absolute atomic E-state index is 13.1.